The van der Waals surface area contributed by atoms with Gasteiger partial charge in [0, 0.05) is 3.57 Å². The summed E-state index contributed by atoms with van der Waals surface area (Å²) in [5, 5.41) is 0. The van der Waals surface area contributed by atoms with Gasteiger partial charge in [-0.25, -0.2) is 4.79 Å². The molecule has 5 heteroatoms. The normalized spacial score (nSPS) is 12.7. The second kappa shape index (κ2) is 4.82. The van der Waals surface area contributed by atoms with Crippen LogP contribution in [0.2, 0.25) is 0 Å². The number of fused-ring (bicyclic) bond motifs is 1. The smallest absolute Gasteiger partial charge is 0.320 e. The van der Waals surface area contributed by atoms with Crippen LogP contribution in [0, 0.1) is 3.57 Å². The van der Waals surface area contributed by atoms with Crippen LogP contribution in [0.5, 0.6) is 0 Å². The zero-order valence-electron chi connectivity index (χ0n) is 9.98. The fourth-order valence-electron chi connectivity index (χ4n) is 2.15. The Kier molecular flexibility index (Phi) is 3.16. The number of hydrogen-bond donors (Lipinski definition) is 3. The molecule has 0 fully saturated rings. The Morgan fingerprint density at radius 1 is 1.05 bits per heavy atom. The fraction of sp³-hybridized carbons (Fsp3) is 0.0714. The van der Waals surface area contributed by atoms with Crippen molar-refractivity contribution < 1.29 is 0 Å². The Balaban J connectivity index is 2.08. The molecular formula is C14H12IN3O. The Morgan fingerprint density at radius 3 is 2.58 bits per heavy atom. The summed E-state index contributed by atoms with van der Waals surface area (Å²) in [6.45, 7) is 0. The Bertz CT molecular complexity index is 790. The molecule has 1 aromatic heterocycles. The zero-order chi connectivity index (χ0) is 13.4. The number of nitrogens with one attached hydrogen (secondary N) is 2. The Morgan fingerprint density at radius 2 is 1.79 bits per heavy atom. The first-order valence-electron chi connectivity index (χ1n) is 5.87. The van der Waals surface area contributed by atoms with Crippen molar-refractivity contribution in [2.75, 3.05) is 0 Å². The zero-order valence-corrected chi connectivity index (χ0v) is 12.1. The van der Waals surface area contributed by atoms with E-state index in [4.69, 9.17) is 5.73 Å². The highest BCUT2D eigenvalue weighted by Crippen LogP contribution is 2.25. The molecule has 96 valence electrons. The van der Waals surface area contributed by atoms with E-state index in [1.807, 2.05) is 42.5 Å². The van der Waals surface area contributed by atoms with Gasteiger partial charge in [-0.1, -0.05) is 24.3 Å². The maximum Gasteiger partial charge on any atom is 0.323 e. The predicted octanol–water partition coefficient (Wildman–Crippen LogP) is 2.51. The van der Waals surface area contributed by atoms with Gasteiger partial charge in [-0.2, -0.15) is 0 Å². The van der Waals surface area contributed by atoms with E-state index in [9.17, 15) is 4.79 Å². The van der Waals surface area contributed by atoms with Crippen LogP contribution < -0.4 is 11.4 Å². The van der Waals surface area contributed by atoms with Crippen molar-refractivity contribution in [3.05, 3.63) is 67.6 Å². The van der Waals surface area contributed by atoms with Gasteiger partial charge in [-0.05, 0) is 51.9 Å². The monoisotopic (exact) mass is 365 g/mol. The van der Waals surface area contributed by atoms with Gasteiger partial charge in [0.15, 0.2) is 0 Å². The molecule has 0 aliphatic heterocycles. The first kappa shape index (κ1) is 12.4. The molecule has 0 aliphatic rings. The molecule has 19 heavy (non-hydrogen) atoms. The number of aromatic nitrogens is 2. The van der Waals surface area contributed by atoms with Crippen molar-refractivity contribution in [3.8, 4) is 0 Å². The SMILES string of the molecule is NC(c1ccc2[nH]c(=O)[nH]c2c1)c1ccccc1I. The van der Waals surface area contributed by atoms with Crippen molar-refractivity contribution in [3.63, 3.8) is 0 Å². The van der Waals surface area contributed by atoms with E-state index in [0.717, 1.165) is 25.7 Å². The quantitative estimate of drug-likeness (QED) is 0.611. The van der Waals surface area contributed by atoms with Crippen molar-refractivity contribution in [2.24, 2.45) is 5.73 Å². The molecule has 0 saturated carbocycles. The lowest BCUT2D eigenvalue weighted by atomic mass is 9.99. The minimum absolute atomic E-state index is 0.198. The van der Waals surface area contributed by atoms with Gasteiger partial charge in [0.05, 0.1) is 17.1 Å². The van der Waals surface area contributed by atoms with Gasteiger partial charge >= 0.3 is 5.69 Å². The van der Waals surface area contributed by atoms with Crippen molar-refractivity contribution in [1.29, 1.82) is 0 Å². The molecule has 0 amide bonds. The van der Waals surface area contributed by atoms with Crippen LogP contribution in [0.15, 0.2) is 47.3 Å². The number of hydrogen-bond acceptors (Lipinski definition) is 2. The minimum atomic E-state index is -0.199. The van der Waals surface area contributed by atoms with E-state index in [1.165, 1.54) is 0 Å². The average Bonchev–Trinajstić information content (AvgIpc) is 2.77. The van der Waals surface area contributed by atoms with Crippen LogP contribution in [-0.2, 0) is 0 Å². The van der Waals surface area contributed by atoms with E-state index >= 15 is 0 Å². The van der Waals surface area contributed by atoms with E-state index in [2.05, 4.69) is 32.6 Å². The lowest BCUT2D eigenvalue weighted by Gasteiger charge is -2.14. The summed E-state index contributed by atoms with van der Waals surface area (Å²) in [5.74, 6) is 0. The number of H-pyrrole nitrogens is 2. The summed E-state index contributed by atoms with van der Waals surface area (Å²) in [6.07, 6.45) is 0. The molecule has 3 aromatic rings. The van der Waals surface area contributed by atoms with Crippen LogP contribution in [0.3, 0.4) is 0 Å². The molecule has 0 spiro atoms. The summed E-state index contributed by atoms with van der Waals surface area (Å²) in [6, 6.07) is 13.6. The summed E-state index contributed by atoms with van der Waals surface area (Å²) in [5.41, 5.74) is 9.75. The highest BCUT2D eigenvalue weighted by molar-refractivity contribution is 14.1. The van der Waals surface area contributed by atoms with E-state index in [1.54, 1.807) is 0 Å². The molecule has 2 aromatic carbocycles. The molecule has 0 bridgehead atoms. The molecule has 1 unspecified atom stereocenters. The Labute approximate surface area is 123 Å². The molecule has 4 N–H and O–H groups in total. The molecule has 0 aliphatic carbocycles. The van der Waals surface area contributed by atoms with Crippen LogP contribution in [0.1, 0.15) is 17.2 Å². The molecule has 1 atom stereocenters. The maximum atomic E-state index is 11.3. The van der Waals surface area contributed by atoms with E-state index in [-0.39, 0.29) is 11.7 Å². The van der Waals surface area contributed by atoms with Crippen molar-refractivity contribution >= 4 is 33.6 Å². The number of benzene rings is 2. The summed E-state index contributed by atoms with van der Waals surface area (Å²) in [4.78, 5) is 16.7. The third-order valence-electron chi connectivity index (χ3n) is 3.14. The van der Waals surface area contributed by atoms with Crippen LogP contribution >= 0.6 is 22.6 Å². The molecule has 0 radical (unpaired) electrons. The second-order valence-electron chi connectivity index (χ2n) is 4.38. The van der Waals surface area contributed by atoms with Gasteiger partial charge in [-0.15, -0.1) is 0 Å². The van der Waals surface area contributed by atoms with Crippen molar-refractivity contribution in [2.45, 2.75) is 6.04 Å². The minimum Gasteiger partial charge on any atom is -0.320 e. The molecule has 4 nitrogen and oxygen atoms in total. The first-order valence-corrected chi connectivity index (χ1v) is 6.95. The van der Waals surface area contributed by atoms with Crippen LogP contribution in [-0.4, -0.2) is 9.97 Å². The fourth-order valence-corrected chi connectivity index (χ4v) is 2.87. The summed E-state index contributed by atoms with van der Waals surface area (Å²) >= 11 is 2.28. The van der Waals surface area contributed by atoms with Gasteiger partial charge in [-0.3, -0.25) is 0 Å². The second-order valence-corrected chi connectivity index (χ2v) is 5.55. The number of nitrogens with two attached hydrogens (primary N) is 1. The summed E-state index contributed by atoms with van der Waals surface area (Å²) < 4.78 is 1.13. The van der Waals surface area contributed by atoms with E-state index in [0.29, 0.717) is 0 Å². The van der Waals surface area contributed by atoms with Crippen LogP contribution in [0.25, 0.3) is 11.0 Å². The standard InChI is InChI=1S/C14H12IN3O/c15-10-4-2-1-3-9(10)13(16)8-5-6-11-12(7-8)18-14(19)17-11/h1-7,13H,16H2,(H2,17,18,19). The molecular weight excluding hydrogens is 353 g/mol. The third-order valence-corrected chi connectivity index (χ3v) is 4.12. The highest BCUT2D eigenvalue weighted by Gasteiger charge is 2.12. The topological polar surface area (TPSA) is 74.7 Å². The number of imidazole rings is 1. The maximum absolute atomic E-state index is 11.3. The molecule has 1 heterocycles. The van der Waals surface area contributed by atoms with Crippen LogP contribution in [0.4, 0.5) is 0 Å². The average molecular weight is 365 g/mol. The number of halogens is 1. The van der Waals surface area contributed by atoms with Gasteiger partial charge in [0.25, 0.3) is 0 Å². The largest absolute Gasteiger partial charge is 0.323 e. The first-order chi connectivity index (χ1) is 9.15. The molecule has 3 rings (SSSR count). The lowest BCUT2D eigenvalue weighted by molar-refractivity contribution is 0.867. The highest BCUT2D eigenvalue weighted by atomic mass is 127. The van der Waals surface area contributed by atoms with Gasteiger partial charge < -0.3 is 15.7 Å². The van der Waals surface area contributed by atoms with E-state index < -0.39 is 0 Å². The summed E-state index contributed by atoms with van der Waals surface area (Å²) in [7, 11) is 0. The predicted molar refractivity (Wildman–Crippen MR) is 84.1 cm³/mol. The number of aromatic amines is 2. The number of rotatable bonds is 2. The van der Waals surface area contributed by atoms with Gasteiger partial charge in [0.2, 0.25) is 0 Å². The third kappa shape index (κ3) is 2.31. The lowest BCUT2D eigenvalue weighted by Crippen LogP contribution is -2.13. The van der Waals surface area contributed by atoms with Crippen molar-refractivity contribution in [1.82, 2.24) is 9.97 Å². The molecule has 0 saturated heterocycles. The van der Waals surface area contributed by atoms with Gasteiger partial charge in [0.1, 0.15) is 0 Å². The Hall–Kier alpha value is -1.60.